The van der Waals surface area contributed by atoms with Crippen molar-refractivity contribution in [1.82, 2.24) is 9.55 Å². The van der Waals surface area contributed by atoms with Gasteiger partial charge in [-0.15, -0.1) is 0 Å². The van der Waals surface area contributed by atoms with E-state index in [0.717, 1.165) is 11.3 Å². The number of rotatable bonds is 4. The van der Waals surface area contributed by atoms with Crippen molar-refractivity contribution < 1.29 is 14.6 Å². The van der Waals surface area contributed by atoms with Gasteiger partial charge in [-0.1, -0.05) is 17.7 Å². The first-order valence-electron chi connectivity index (χ1n) is 8.53. The zero-order valence-corrected chi connectivity index (χ0v) is 15.4. The summed E-state index contributed by atoms with van der Waals surface area (Å²) in [7, 11) is 1.50. The van der Waals surface area contributed by atoms with Crippen LogP contribution in [0.15, 0.2) is 54.9 Å². The first kappa shape index (κ1) is 17.4. The largest absolute Gasteiger partial charge is 0.504 e. The Morgan fingerprint density at radius 1 is 1.26 bits per heavy atom. The van der Waals surface area contributed by atoms with E-state index in [0.29, 0.717) is 29.6 Å². The molecule has 3 aromatic rings. The lowest BCUT2D eigenvalue weighted by atomic mass is 10.1. The molecule has 27 heavy (non-hydrogen) atoms. The highest BCUT2D eigenvalue weighted by atomic mass is 35.5. The van der Waals surface area contributed by atoms with Crippen LogP contribution >= 0.6 is 11.6 Å². The monoisotopic (exact) mass is 383 g/mol. The van der Waals surface area contributed by atoms with Crippen molar-refractivity contribution in [2.45, 2.75) is 12.5 Å². The second-order valence-electron chi connectivity index (χ2n) is 6.39. The number of aromatic nitrogens is 2. The van der Waals surface area contributed by atoms with Crippen LogP contribution < -0.4 is 9.64 Å². The second-order valence-corrected chi connectivity index (χ2v) is 6.82. The number of imidazole rings is 1. The zero-order valence-electron chi connectivity index (χ0n) is 14.7. The molecule has 0 saturated carbocycles. The molecule has 1 unspecified atom stereocenters. The highest BCUT2D eigenvalue weighted by Crippen LogP contribution is 2.35. The number of anilines is 1. The Bertz CT molecular complexity index is 1000. The minimum Gasteiger partial charge on any atom is -0.504 e. The van der Waals surface area contributed by atoms with E-state index >= 15 is 0 Å². The highest BCUT2D eigenvalue weighted by molar-refractivity contribution is 6.30. The van der Waals surface area contributed by atoms with E-state index in [-0.39, 0.29) is 17.7 Å². The fourth-order valence-corrected chi connectivity index (χ4v) is 3.61. The number of ether oxygens (including phenoxy) is 1. The van der Waals surface area contributed by atoms with Gasteiger partial charge in [-0.3, -0.25) is 4.79 Å². The molecule has 0 spiro atoms. The molecule has 1 aliphatic rings. The maximum Gasteiger partial charge on any atom is 0.229 e. The molecular formula is C20H18ClN3O3. The van der Waals surface area contributed by atoms with Crippen molar-refractivity contribution in [3.05, 3.63) is 59.9 Å². The Hall–Kier alpha value is -2.99. The predicted molar refractivity (Wildman–Crippen MR) is 103 cm³/mol. The average molecular weight is 384 g/mol. The van der Waals surface area contributed by atoms with Crippen molar-refractivity contribution in [3.63, 3.8) is 0 Å². The van der Waals surface area contributed by atoms with Crippen LogP contribution in [0.5, 0.6) is 11.5 Å². The number of halogens is 1. The summed E-state index contributed by atoms with van der Waals surface area (Å²) in [6, 6.07) is 12.4. The molecule has 6 nitrogen and oxygen atoms in total. The Kier molecular flexibility index (Phi) is 4.49. The van der Waals surface area contributed by atoms with Crippen molar-refractivity contribution in [2.24, 2.45) is 0 Å². The maximum absolute atomic E-state index is 12.6. The molecule has 2 aromatic carbocycles. The van der Waals surface area contributed by atoms with Crippen LogP contribution in [0.4, 0.5) is 5.69 Å². The van der Waals surface area contributed by atoms with Crippen LogP contribution in [0.25, 0.3) is 11.4 Å². The lowest BCUT2D eigenvalue weighted by molar-refractivity contribution is -0.117. The normalized spacial score (nSPS) is 16.7. The lowest BCUT2D eigenvalue weighted by Crippen LogP contribution is -2.24. The van der Waals surface area contributed by atoms with Crippen molar-refractivity contribution in [3.8, 4) is 22.9 Å². The molecular weight excluding hydrogens is 366 g/mol. The Balaban J connectivity index is 1.63. The van der Waals surface area contributed by atoms with Crippen molar-refractivity contribution >= 4 is 23.2 Å². The maximum atomic E-state index is 12.6. The fraction of sp³-hybridized carbons (Fsp3) is 0.200. The number of carbonyl (C=O) groups excluding carboxylic acids is 1. The van der Waals surface area contributed by atoms with Gasteiger partial charge < -0.3 is 19.3 Å². The van der Waals surface area contributed by atoms with E-state index in [1.807, 2.05) is 29.0 Å². The molecule has 4 rings (SSSR count). The minimum absolute atomic E-state index is 0.0412. The van der Waals surface area contributed by atoms with Crippen LogP contribution in [-0.4, -0.2) is 34.2 Å². The van der Waals surface area contributed by atoms with Crippen molar-refractivity contribution in [1.29, 1.82) is 0 Å². The SMILES string of the molecule is COc1ccc(-c2nccn2C2CC(=O)N(c3cccc(Cl)c3)C2)cc1O. The van der Waals surface area contributed by atoms with E-state index in [2.05, 4.69) is 4.98 Å². The van der Waals surface area contributed by atoms with Gasteiger partial charge in [0.2, 0.25) is 5.91 Å². The molecule has 2 heterocycles. The summed E-state index contributed by atoms with van der Waals surface area (Å²) in [4.78, 5) is 18.7. The topological polar surface area (TPSA) is 67.6 Å². The van der Waals surface area contributed by atoms with Gasteiger partial charge in [0.15, 0.2) is 11.5 Å². The smallest absolute Gasteiger partial charge is 0.229 e. The van der Waals surface area contributed by atoms with Gasteiger partial charge in [-0.05, 0) is 36.4 Å². The number of carbonyl (C=O) groups is 1. The molecule has 1 atom stereocenters. The Labute approximate surface area is 161 Å². The van der Waals surface area contributed by atoms with Crippen LogP contribution in [-0.2, 0) is 4.79 Å². The minimum atomic E-state index is -0.0572. The molecule has 1 N–H and O–H groups in total. The predicted octanol–water partition coefficient (Wildman–Crippen LogP) is 3.90. The lowest BCUT2D eigenvalue weighted by Gasteiger charge is -2.18. The van der Waals surface area contributed by atoms with E-state index in [1.165, 1.54) is 7.11 Å². The van der Waals surface area contributed by atoms with E-state index in [9.17, 15) is 9.90 Å². The summed E-state index contributed by atoms with van der Waals surface area (Å²) in [6.07, 6.45) is 3.93. The standard InChI is InChI=1S/C20H18ClN3O3/c1-27-18-6-5-13(9-17(18)25)20-22-7-8-23(20)16-11-19(26)24(12-16)15-4-2-3-14(21)10-15/h2-10,16,25H,11-12H2,1H3. The molecule has 0 aliphatic carbocycles. The van der Waals surface area contributed by atoms with Crippen LogP contribution in [0.1, 0.15) is 12.5 Å². The molecule has 0 radical (unpaired) electrons. The molecule has 138 valence electrons. The number of benzene rings is 2. The van der Waals surface area contributed by atoms with Gasteiger partial charge in [-0.2, -0.15) is 0 Å². The highest BCUT2D eigenvalue weighted by Gasteiger charge is 2.33. The molecule has 7 heteroatoms. The van der Waals surface area contributed by atoms with Crippen LogP contribution in [0, 0.1) is 0 Å². The number of aromatic hydroxyl groups is 1. The van der Waals surface area contributed by atoms with Gasteiger partial charge in [0, 0.05) is 41.6 Å². The second kappa shape index (κ2) is 6.96. The van der Waals surface area contributed by atoms with Crippen molar-refractivity contribution in [2.75, 3.05) is 18.6 Å². The number of hydrogen-bond acceptors (Lipinski definition) is 4. The molecule has 1 fully saturated rings. The number of nitrogens with zero attached hydrogens (tertiary/aromatic N) is 3. The fourth-order valence-electron chi connectivity index (χ4n) is 3.43. The zero-order chi connectivity index (χ0) is 19.0. The quantitative estimate of drug-likeness (QED) is 0.742. The van der Waals surface area contributed by atoms with Gasteiger partial charge >= 0.3 is 0 Å². The molecule has 0 bridgehead atoms. The van der Waals surface area contributed by atoms with Gasteiger partial charge in [0.25, 0.3) is 0 Å². The number of hydrogen-bond donors (Lipinski definition) is 1. The summed E-state index contributed by atoms with van der Waals surface area (Å²) in [6.45, 7) is 0.532. The number of phenolic OH excluding ortho intramolecular Hbond substituents is 1. The summed E-state index contributed by atoms with van der Waals surface area (Å²) in [5, 5.41) is 10.7. The van der Waals surface area contributed by atoms with E-state index in [4.69, 9.17) is 16.3 Å². The van der Waals surface area contributed by atoms with Crippen LogP contribution in [0.3, 0.4) is 0 Å². The average Bonchev–Trinajstić information content (AvgIpc) is 3.28. The Morgan fingerprint density at radius 2 is 2.11 bits per heavy atom. The molecule has 1 aliphatic heterocycles. The van der Waals surface area contributed by atoms with Gasteiger partial charge in [-0.25, -0.2) is 4.98 Å². The molecule has 1 aromatic heterocycles. The van der Waals surface area contributed by atoms with Gasteiger partial charge in [0.05, 0.1) is 13.2 Å². The summed E-state index contributed by atoms with van der Waals surface area (Å²) in [5.41, 5.74) is 1.55. The number of methoxy groups -OCH3 is 1. The van der Waals surface area contributed by atoms with E-state index in [1.54, 1.807) is 35.4 Å². The third-order valence-corrected chi connectivity index (χ3v) is 4.96. The van der Waals surface area contributed by atoms with Crippen LogP contribution in [0.2, 0.25) is 5.02 Å². The Morgan fingerprint density at radius 3 is 2.85 bits per heavy atom. The third-order valence-electron chi connectivity index (χ3n) is 4.72. The summed E-state index contributed by atoms with van der Waals surface area (Å²) < 4.78 is 7.07. The summed E-state index contributed by atoms with van der Waals surface area (Å²) in [5.74, 6) is 1.19. The first-order chi connectivity index (χ1) is 13.1. The van der Waals surface area contributed by atoms with E-state index < -0.39 is 0 Å². The first-order valence-corrected chi connectivity index (χ1v) is 8.91. The third kappa shape index (κ3) is 3.24. The molecule has 1 saturated heterocycles. The summed E-state index contributed by atoms with van der Waals surface area (Å²) >= 11 is 6.06. The number of amides is 1. The van der Waals surface area contributed by atoms with Gasteiger partial charge in [0.1, 0.15) is 5.82 Å². The molecule has 1 amide bonds. The number of phenols is 1.